The van der Waals surface area contributed by atoms with Crippen molar-refractivity contribution in [1.29, 1.82) is 0 Å². The van der Waals surface area contributed by atoms with Crippen LogP contribution in [0, 0.1) is 0 Å². The summed E-state index contributed by atoms with van der Waals surface area (Å²) in [5.41, 5.74) is -0.882. The highest BCUT2D eigenvalue weighted by molar-refractivity contribution is 6.30. The molecule has 0 unspecified atom stereocenters. The number of methoxy groups -OCH3 is 1. The molecule has 0 atom stereocenters. The van der Waals surface area contributed by atoms with Gasteiger partial charge in [0, 0.05) is 6.92 Å². The fourth-order valence-corrected chi connectivity index (χ4v) is 1.17. The quantitative estimate of drug-likeness (QED) is 0.738. The maximum absolute atomic E-state index is 12.8. The second-order valence-corrected chi connectivity index (χ2v) is 3.13. The van der Waals surface area contributed by atoms with Crippen LogP contribution in [0.5, 0.6) is 0 Å². The number of nitrogens with zero attached hydrogens (tertiary/aromatic N) is 2. The fourth-order valence-electron chi connectivity index (χ4n) is 0.864. The Balaban J connectivity index is 3.15. The number of hydrogen-bond donors (Lipinski definition) is 0. The Morgan fingerprint density at radius 2 is 2.20 bits per heavy atom. The topological polar surface area (TPSA) is 52.1 Å². The first-order chi connectivity index (χ1) is 6.86. The molecule has 0 spiro atoms. The molecular formula is C8H7ClF2N2O2. The van der Waals surface area contributed by atoms with Gasteiger partial charge in [-0.1, -0.05) is 11.6 Å². The first-order valence-corrected chi connectivity index (χ1v) is 4.23. The summed E-state index contributed by atoms with van der Waals surface area (Å²) in [6.07, 6.45) is 0.893. The standard InChI is InChI=1S/C8H7ClF2N2O2/c1-8(10,11)5-6(9)13-4(3-12-5)7(14)15-2/h3H,1-2H3. The van der Waals surface area contributed by atoms with Gasteiger partial charge in [0.25, 0.3) is 5.92 Å². The monoisotopic (exact) mass is 236 g/mol. The van der Waals surface area contributed by atoms with E-state index in [9.17, 15) is 13.6 Å². The first-order valence-electron chi connectivity index (χ1n) is 3.85. The van der Waals surface area contributed by atoms with Gasteiger partial charge in [-0.15, -0.1) is 0 Å². The van der Waals surface area contributed by atoms with Crippen LogP contribution in [-0.4, -0.2) is 23.0 Å². The van der Waals surface area contributed by atoms with Gasteiger partial charge in [-0.25, -0.2) is 14.8 Å². The molecule has 0 saturated carbocycles. The lowest BCUT2D eigenvalue weighted by atomic mass is 10.3. The van der Waals surface area contributed by atoms with Gasteiger partial charge < -0.3 is 4.74 Å². The van der Waals surface area contributed by atoms with Gasteiger partial charge in [0.2, 0.25) is 0 Å². The van der Waals surface area contributed by atoms with Crippen molar-refractivity contribution in [3.63, 3.8) is 0 Å². The van der Waals surface area contributed by atoms with Crippen molar-refractivity contribution in [2.45, 2.75) is 12.8 Å². The van der Waals surface area contributed by atoms with E-state index in [1.165, 1.54) is 0 Å². The van der Waals surface area contributed by atoms with Crippen molar-refractivity contribution < 1.29 is 18.3 Å². The lowest BCUT2D eigenvalue weighted by Crippen LogP contribution is -2.14. The summed E-state index contributed by atoms with van der Waals surface area (Å²) in [6, 6.07) is 0. The Morgan fingerprint density at radius 1 is 1.60 bits per heavy atom. The van der Waals surface area contributed by atoms with Crippen LogP contribution in [0.1, 0.15) is 23.1 Å². The second-order valence-electron chi connectivity index (χ2n) is 2.77. The van der Waals surface area contributed by atoms with Crippen LogP contribution in [-0.2, 0) is 10.7 Å². The Kier molecular flexibility index (Phi) is 3.18. The van der Waals surface area contributed by atoms with Crippen LogP contribution < -0.4 is 0 Å². The minimum atomic E-state index is -3.20. The van der Waals surface area contributed by atoms with E-state index in [2.05, 4.69) is 14.7 Å². The lowest BCUT2D eigenvalue weighted by Gasteiger charge is -2.10. The molecule has 0 amide bonds. The highest BCUT2D eigenvalue weighted by Gasteiger charge is 2.30. The number of rotatable bonds is 2. The van der Waals surface area contributed by atoms with Crippen molar-refractivity contribution in [1.82, 2.24) is 9.97 Å². The van der Waals surface area contributed by atoms with Crippen LogP contribution >= 0.6 is 11.6 Å². The second kappa shape index (κ2) is 4.06. The third-order valence-corrected chi connectivity index (χ3v) is 1.80. The molecule has 0 radical (unpaired) electrons. The summed E-state index contributed by atoms with van der Waals surface area (Å²) in [6.45, 7) is 0.640. The molecule has 0 aliphatic rings. The van der Waals surface area contributed by atoms with Crippen molar-refractivity contribution in [2.24, 2.45) is 0 Å². The summed E-state index contributed by atoms with van der Waals surface area (Å²) in [5, 5.41) is -0.509. The van der Waals surface area contributed by atoms with E-state index >= 15 is 0 Å². The van der Waals surface area contributed by atoms with Gasteiger partial charge in [0.15, 0.2) is 10.8 Å². The molecule has 0 N–H and O–H groups in total. The van der Waals surface area contributed by atoms with E-state index < -0.39 is 22.7 Å². The molecule has 0 bridgehead atoms. The first kappa shape index (κ1) is 11.8. The molecule has 1 aromatic heterocycles. The predicted molar refractivity (Wildman–Crippen MR) is 47.9 cm³/mol. The normalized spacial score (nSPS) is 11.3. The zero-order valence-corrected chi connectivity index (χ0v) is 8.68. The van der Waals surface area contributed by atoms with Crippen molar-refractivity contribution in [2.75, 3.05) is 7.11 Å². The van der Waals surface area contributed by atoms with E-state index in [1.807, 2.05) is 0 Å². The number of halogens is 3. The van der Waals surface area contributed by atoms with Crippen LogP contribution in [0.4, 0.5) is 8.78 Å². The summed E-state index contributed by atoms with van der Waals surface area (Å²) >= 11 is 5.45. The Hall–Kier alpha value is -1.30. The third-order valence-electron chi connectivity index (χ3n) is 1.54. The number of carbonyl (C=O) groups excluding carboxylic acids is 1. The van der Waals surface area contributed by atoms with Gasteiger partial charge >= 0.3 is 5.97 Å². The van der Waals surface area contributed by atoms with E-state index in [0.717, 1.165) is 13.3 Å². The smallest absolute Gasteiger partial charge is 0.358 e. The highest BCUT2D eigenvalue weighted by Crippen LogP contribution is 2.29. The maximum Gasteiger partial charge on any atom is 0.358 e. The minimum absolute atomic E-state index is 0.212. The van der Waals surface area contributed by atoms with Gasteiger partial charge in [0.1, 0.15) is 5.69 Å². The van der Waals surface area contributed by atoms with Gasteiger partial charge in [-0.3, -0.25) is 0 Å². The molecule has 1 aromatic rings. The molecule has 0 aliphatic carbocycles. The molecule has 82 valence electrons. The molecule has 15 heavy (non-hydrogen) atoms. The van der Waals surface area contributed by atoms with E-state index in [0.29, 0.717) is 6.92 Å². The zero-order valence-electron chi connectivity index (χ0n) is 7.92. The van der Waals surface area contributed by atoms with Gasteiger partial charge in [-0.05, 0) is 0 Å². The van der Waals surface area contributed by atoms with Gasteiger partial charge in [-0.2, -0.15) is 8.78 Å². The van der Waals surface area contributed by atoms with Crippen LogP contribution in [0.2, 0.25) is 5.15 Å². The number of hydrogen-bond acceptors (Lipinski definition) is 4. The van der Waals surface area contributed by atoms with Crippen LogP contribution in [0.3, 0.4) is 0 Å². The predicted octanol–water partition coefficient (Wildman–Crippen LogP) is 2.03. The van der Waals surface area contributed by atoms with Gasteiger partial charge in [0.05, 0.1) is 13.3 Å². The van der Waals surface area contributed by atoms with Crippen molar-refractivity contribution in [3.8, 4) is 0 Å². The molecule has 1 rings (SSSR count). The molecule has 0 fully saturated rings. The fraction of sp³-hybridized carbons (Fsp3) is 0.375. The van der Waals surface area contributed by atoms with E-state index in [4.69, 9.17) is 11.6 Å². The largest absolute Gasteiger partial charge is 0.464 e. The summed E-state index contributed by atoms with van der Waals surface area (Å²) in [4.78, 5) is 17.8. The molecule has 0 aliphatic heterocycles. The zero-order chi connectivity index (χ0) is 11.6. The van der Waals surface area contributed by atoms with Crippen LogP contribution in [0.15, 0.2) is 6.20 Å². The van der Waals surface area contributed by atoms with Crippen molar-refractivity contribution in [3.05, 3.63) is 22.7 Å². The minimum Gasteiger partial charge on any atom is -0.464 e. The molecule has 1 heterocycles. The number of esters is 1. The van der Waals surface area contributed by atoms with E-state index in [1.54, 1.807) is 0 Å². The summed E-state index contributed by atoms with van der Waals surface area (Å²) in [7, 11) is 1.14. The third kappa shape index (κ3) is 2.59. The maximum atomic E-state index is 12.8. The Morgan fingerprint density at radius 3 is 2.60 bits per heavy atom. The van der Waals surface area contributed by atoms with E-state index in [-0.39, 0.29) is 5.69 Å². The molecule has 0 aromatic carbocycles. The number of alkyl halides is 2. The highest BCUT2D eigenvalue weighted by atomic mass is 35.5. The molecule has 7 heteroatoms. The average Bonchev–Trinajstić information content (AvgIpc) is 2.14. The summed E-state index contributed by atoms with van der Waals surface area (Å²) in [5.74, 6) is -3.98. The SMILES string of the molecule is COC(=O)c1cnc(C(C)(F)F)c(Cl)n1. The number of carbonyl (C=O) groups is 1. The molecule has 4 nitrogen and oxygen atoms in total. The molecular weight excluding hydrogens is 230 g/mol. The van der Waals surface area contributed by atoms with Crippen molar-refractivity contribution >= 4 is 17.6 Å². The Bertz CT molecular complexity index is 393. The van der Waals surface area contributed by atoms with Crippen LogP contribution in [0.25, 0.3) is 0 Å². The molecule has 0 saturated heterocycles. The summed E-state index contributed by atoms with van der Waals surface area (Å²) < 4.78 is 30.0. The average molecular weight is 237 g/mol. The number of ether oxygens (including phenoxy) is 1. The lowest BCUT2D eigenvalue weighted by molar-refractivity contribution is 0.0123. The number of aromatic nitrogens is 2. The Labute approximate surface area is 89.2 Å².